The lowest BCUT2D eigenvalue weighted by Gasteiger charge is -2.14. The molecule has 0 unspecified atom stereocenters. The Morgan fingerprint density at radius 1 is 1.25 bits per heavy atom. The van der Waals surface area contributed by atoms with Crippen LogP contribution in [0.2, 0.25) is 0 Å². The fourth-order valence-corrected chi connectivity index (χ4v) is 3.94. The van der Waals surface area contributed by atoms with Crippen LogP contribution in [-0.4, -0.2) is 30.2 Å². The molecule has 3 rings (SSSR count). The predicted octanol–water partition coefficient (Wildman–Crippen LogP) is 0.864. The summed E-state index contributed by atoms with van der Waals surface area (Å²) in [5.41, 5.74) is 0.504. The minimum absolute atomic E-state index is 0.0145. The number of nitrogens with one attached hydrogen (secondary N) is 1. The first-order valence-electron chi connectivity index (χ1n) is 6.56. The Balaban J connectivity index is 2.08. The average molecular weight is 364 g/mol. The van der Waals surface area contributed by atoms with Crippen LogP contribution in [0.25, 0.3) is 11.0 Å². The number of carboxylic acid groups (broad SMARTS) is 1. The molecule has 0 saturated heterocycles. The standard InChI is InChI=1S/C14H11N3O5S2/c1-22-11-6-5-8(14(18)19)7-10(11)17-24(20,21)12-4-2-3-9-13(12)16-23-15-9/h2-7,17H,1H3,(H,18,19)/p-1. The number of carbonyl (C=O) groups excluding carboxylic acids is 1. The van der Waals surface area contributed by atoms with Crippen molar-refractivity contribution in [2.45, 2.75) is 4.90 Å². The maximum absolute atomic E-state index is 12.7. The summed E-state index contributed by atoms with van der Waals surface area (Å²) in [6.07, 6.45) is 0. The van der Waals surface area contributed by atoms with Crippen LogP contribution in [0, 0.1) is 0 Å². The molecule has 1 N–H and O–H groups in total. The van der Waals surface area contributed by atoms with Gasteiger partial charge in [-0.25, -0.2) is 8.42 Å². The second kappa shape index (κ2) is 6.06. The quantitative estimate of drug-likeness (QED) is 0.712. The zero-order chi connectivity index (χ0) is 17.3. The van der Waals surface area contributed by atoms with Crippen molar-refractivity contribution in [1.82, 2.24) is 8.75 Å². The molecule has 0 aliphatic heterocycles. The summed E-state index contributed by atoms with van der Waals surface area (Å²) >= 11 is 0.901. The van der Waals surface area contributed by atoms with E-state index in [0.29, 0.717) is 5.52 Å². The zero-order valence-corrected chi connectivity index (χ0v) is 13.8. The molecule has 3 aromatic rings. The molecule has 24 heavy (non-hydrogen) atoms. The largest absolute Gasteiger partial charge is 0.545 e. The molecule has 0 radical (unpaired) electrons. The minimum Gasteiger partial charge on any atom is -0.545 e. The summed E-state index contributed by atoms with van der Waals surface area (Å²) < 4.78 is 40.7. The van der Waals surface area contributed by atoms with Crippen molar-refractivity contribution >= 4 is 44.4 Å². The summed E-state index contributed by atoms with van der Waals surface area (Å²) in [4.78, 5) is 10.9. The molecular weight excluding hydrogens is 354 g/mol. The van der Waals surface area contributed by atoms with Gasteiger partial charge in [-0.3, -0.25) is 4.72 Å². The van der Waals surface area contributed by atoms with Crippen LogP contribution >= 0.6 is 11.7 Å². The van der Waals surface area contributed by atoms with Crippen LogP contribution in [0.3, 0.4) is 0 Å². The molecule has 0 spiro atoms. The average Bonchev–Trinajstić information content (AvgIpc) is 3.02. The first-order chi connectivity index (χ1) is 11.4. The third-order valence-electron chi connectivity index (χ3n) is 3.22. The van der Waals surface area contributed by atoms with Crippen LogP contribution < -0.4 is 14.6 Å². The molecule has 10 heteroatoms. The maximum atomic E-state index is 12.7. The topological polar surface area (TPSA) is 121 Å². The van der Waals surface area contributed by atoms with E-state index in [2.05, 4.69) is 13.5 Å². The molecule has 1 aromatic heterocycles. The molecule has 124 valence electrons. The summed E-state index contributed by atoms with van der Waals surface area (Å²) in [5, 5.41) is 11.0. The van der Waals surface area contributed by atoms with Gasteiger partial charge in [0.2, 0.25) is 0 Å². The number of benzene rings is 2. The summed E-state index contributed by atoms with van der Waals surface area (Å²) in [7, 11) is -2.68. The van der Waals surface area contributed by atoms with Crippen molar-refractivity contribution in [2.75, 3.05) is 11.8 Å². The lowest BCUT2D eigenvalue weighted by atomic mass is 10.2. The number of methoxy groups -OCH3 is 1. The van der Waals surface area contributed by atoms with E-state index < -0.39 is 16.0 Å². The second-order valence-electron chi connectivity index (χ2n) is 4.70. The van der Waals surface area contributed by atoms with E-state index in [9.17, 15) is 18.3 Å². The number of hydrogen-bond acceptors (Lipinski definition) is 8. The Hall–Kier alpha value is -2.72. The Morgan fingerprint density at radius 2 is 2.04 bits per heavy atom. The Labute approximate surface area is 141 Å². The third-order valence-corrected chi connectivity index (χ3v) is 5.16. The van der Waals surface area contributed by atoms with E-state index in [1.165, 1.54) is 25.3 Å². The molecule has 2 aromatic carbocycles. The van der Waals surface area contributed by atoms with Crippen LogP contribution in [0.15, 0.2) is 41.3 Å². The first-order valence-corrected chi connectivity index (χ1v) is 8.77. The molecule has 0 aliphatic rings. The number of aromatic carboxylic acids is 1. The van der Waals surface area contributed by atoms with Crippen molar-refractivity contribution in [3.63, 3.8) is 0 Å². The molecule has 0 aliphatic carbocycles. The van der Waals surface area contributed by atoms with Gasteiger partial charge >= 0.3 is 0 Å². The number of ether oxygens (including phenoxy) is 1. The Kier molecular flexibility index (Phi) is 4.08. The van der Waals surface area contributed by atoms with Gasteiger partial charge in [-0.1, -0.05) is 6.07 Å². The fraction of sp³-hybridized carbons (Fsp3) is 0.0714. The highest BCUT2D eigenvalue weighted by atomic mass is 32.2. The van der Waals surface area contributed by atoms with Gasteiger partial charge in [-0.05, 0) is 35.9 Å². The van der Waals surface area contributed by atoms with E-state index in [1.54, 1.807) is 12.1 Å². The number of aromatic nitrogens is 2. The van der Waals surface area contributed by atoms with Gasteiger partial charge < -0.3 is 14.6 Å². The number of sulfonamides is 1. The van der Waals surface area contributed by atoms with Crippen LogP contribution in [0.4, 0.5) is 5.69 Å². The van der Waals surface area contributed by atoms with Gasteiger partial charge in [0.1, 0.15) is 21.7 Å². The van der Waals surface area contributed by atoms with E-state index >= 15 is 0 Å². The molecule has 0 saturated carbocycles. The van der Waals surface area contributed by atoms with Crippen LogP contribution in [-0.2, 0) is 10.0 Å². The smallest absolute Gasteiger partial charge is 0.264 e. The number of fused-ring (bicyclic) bond motifs is 1. The normalized spacial score (nSPS) is 11.4. The number of nitrogens with zero attached hydrogens (tertiary/aromatic N) is 2. The van der Waals surface area contributed by atoms with Gasteiger partial charge in [0.15, 0.2) is 0 Å². The number of carbonyl (C=O) groups is 1. The zero-order valence-electron chi connectivity index (χ0n) is 12.2. The van der Waals surface area contributed by atoms with Gasteiger partial charge in [0.25, 0.3) is 10.0 Å². The number of anilines is 1. The monoisotopic (exact) mass is 364 g/mol. The highest BCUT2D eigenvalue weighted by molar-refractivity contribution is 7.93. The lowest BCUT2D eigenvalue weighted by molar-refractivity contribution is -0.255. The lowest BCUT2D eigenvalue weighted by Crippen LogP contribution is -2.22. The molecule has 0 bridgehead atoms. The highest BCUT2D eigenvalue weighted by Crippen LogP contribution is 2.29. The van der Waals surface area contributed by atoms with E-state index in [-0.39, 0.29) is 27.4 Å². The van der Waals surface area contributed by atoms with Gasteiger partial charge in [0, 0.05) is 0 Å². The second-order valence-corrected chi connectivity index (χ2v) is 6.88. The van der Waals surface area contributed by atoms with Gasteiger partial charge in [-0.2, -0.15) is 8.75 Å². The SMILES string of the molecule is COc1ccc(C(=O)[O-])cc1NS(=O)(=O)c1cccc2nsnc12. The van der Waals surface area contributed by atoms with Gasteiger partial charge in [0.05, 0.1) is 30.5 Å². The van der Waals surface area contributed by atoms with Crippen molar-refractivity contribution in [3.8, 4) is 5.75 Å². The Morgan fingerprint density at radius 3 is 2.75 bits per heavy atom. The number of carboxylic acids is 1. The van der Waals surface area contributed by atoms with Crippen molar-refractivity contribution in [1.29, 1.82) is 0 Å². The summed E-state index contributed by atoms with van der Waals surface area (Å²) in [6, 6.07) is 8.32. The van der Waals surface area contributed by atoms with E-state index in [0.717, 1.165) is 17.8 Å². The van der Waals surface area contributed by atoms with Crippen LogP contribution in [0.1, 0.15) is 10.4 Å². The molecular formula is C14H10N3O5S2-. The van der Waals surface area contributed by atoms with Crippen LogP contribution in [0.5, 0.6) is 5.75 Å². The van der Waals surface area contributed by atoms with Crippen molar-refractivity contribution < 1.29 is 23.1 Å². The predicted molar refractivity (Wildman–Crippen MR) is 85.5 cm³/mol. The highest BCUT2D eigenvalue weighted by Gasteiger charge is 2.21. The molecule has 8 nitrogen and oxygen atoms in total. The third kappa shape index (κ3) is 2.88. The minimum atomic E-state index is -4.02. The molecule has 0 fully saturated rings. The maximum Gasteiger partial charge on any atom is 0.264 e. The Bertz CT molecular complexity index is 1030. The van der Waals surface area contributed by atoms with E-state index in [1.807, 2.05) is 0 Å². The van der Waals surface area contributed by atoms with Gasteiger partial charge in [-0.15, -0.1) is 0 Å². The van der Waals surface area contributed by atoms with Crippen molar-refractivity contribution in [3.05, 3.63) is 42.0 Å². The van der Waals surface area contributed by atoms with E-state index in [4.69, 9.17) is 4.74 Å². The summed E-state index contributed by atoms with van der Waals surface area (Å²) in [6.45, 7) is 0. The first kappa shape index (κ1) is 16.1. The molecule has 1 heterocycles. The number of rotatable bonds is 5. The number of hydrogen-bond donors (Lipinski definition) is 1. The summed E-state index contributed by atoms with van der Waals surface area (Å²) in [5.74, 6) is -1.25. The molecule has 0 amide bonds. The van der Waals surface area contributed by atoms with Crippen molar-refractivity contribution in [2.24, 2.45) is 0 Å². The molecule has 0 atom stereocenters. The fourth-order valence-electron chi connectivity index (χ4n) is 2.11.